The molecule has 2 aromatic carbocycles. The third kappa shape index (κ3) is 7.02. The van der Waals surface area contributed by atoms with E-state index in [0.717, 1.165) is 42.7 Å². The van der Waals surface area contributed by atoms with Gasteiger partial charge in [-0.3, -0.25) is 4.79 Å². The molecule has 1 aliphatic heterocycles. The second-order valence-corrected chi connectivity index (χ2v) is 9.67. The lowest BCUT2D eigenvalue weighted by atomic mass is 9.96. The molecule has 204 valence electrons. The number of amides is 3. The summed E-state index contributed by atoms with van der Waals surface area (Å²) in [5.41, 5.74) is 8.92. The Labute approximate surface area is 223 Å². The zero-order valence-electron chi connectivity index (χ0n) is 22.2. The van der Waals surface area contributed by atoms with Crippen molar-refractivity contribution in [1.82, 2.24) is 19.8 Å². The lowest BCUT2D eigenvalue weighted by Crippen LogP contribution is -2.45. The Balaban J connectivity index is 1.32. The van der Waals surface area contributed by atoms with Gasteiger partial charge in [-0.1, -0.05) is 18.2 Å². The van der Waals surface area contributed by atoms with Crippen LogP contribution in [0.2, 0.25) is 0 Å². The molecule has 2 heterocycles. The van der Waals surface area contributed by atoms with E-state index in [1.54, 1.807) is 38.5 Å². The number of rotatable bonds is 11. The van der Waals surface area contributed by atoms with Gasteiger partial charge in [-0.15, -0.1) is 0 Å². The number of nitrogens with two attached hydrogens (primary N) is 1. The number of hydrogen-bond donors (Lipinski definition) is 3. The lowest BCUT2D eigenvalue weighted by Gasteiger charge is -2.33. The highest BCUT2D eigenvalue weighted by Gasteiger charge is 2.29. The van der Waals surface area contributed by atoms with Crippen LogP contribution in [0.15, 0.2) is 48.5 Å². The number of carbonyl (C=O) groups excluding carboxylic acids is 2. The number of hydrogen-bond acceptors (Lipinski definition) is 6. The third-order valence-electron chi connectivity index (χ3n) is 6.84. The molecule has 4 rings (SSSR count). The fourth-order valence-electron chi connectivity index (χ4n) is 4.95. The number of likely N-dealkylation sites (tertiary alicyclic amines) is 1. The third-order valence-corrected chi connectivity index (χ3v) is 6.84. The Morgan fingerprint density at radius 1 is 1.18 bits per heavy atom. The molecule has 10 heteroatoms. The van der Waals surface area contributed by atoms with Gasteiger partial charge in [-0.25, -0.2) is 9.78 Å². The molecule has 4 N–H and O–H groups in total. The monoisotopic (exact) mass is 522 g/mol. The summed E-state index contributed by atoms with van der Waals surface area (Å²) in [7, 11) is 3.28. The Kier molecular flexibility index (Phi) is 9.56. The minimum Gasteiger partial charge on any atom is -0.497 e. The van der Waals surface area contributed by atoms with Gasteiger partial charge >= 0.3 is 6.03 Å². The molecule has 0 aliphatic carbocycles. The first-order valence-electron chi connectivity index (χ1n) is 13.1. The van der Waals surface area contributed by atoms with E-state index in [-0.39, 0.29) is 30.8 Å². The van der Waals surface area contributed by atoms with Crippen LogP contribution < -0.4 is 21.1 Å². The first-order chi connectivity index (χ1) is 18.5. The summed E-state index contributed by atoms with van der Waals surface area (Å²) in [4.78, 5) is 32.2. The Hall–Kier alpha value is -3.63. The van der Waals surface area contributed by atoms with Crippen LogP contribution in [0, 0.1) is 0 Å². The number of imidazole rings is 1. The maximum Gasteiger partial charge on any atom is 0.319 e. The van der Waals surface area contributed by atoms with E-state index in [2.05, 4.69) is 21.3 Å². The summed E-state index contributed by atoms with van der Waals surface area (Å²) in [6, 6.07) is 14.4. The summed E-state index contributed by atoms with van der Waals surface area (Å²) < 4.78 is 12.7. The average molecular weight is 523 g/mol. The molecule has 2 atom stereocenters. The molecule has 0 saturated carbocycles. The first kappa shape index (κ1) is 27.4. The molecular formula is C28H38N6O4. The van der Waals surface area contributed by atoms with Crippen LogP contribution >= 0.6 is 0 Å². The van der Waals surface area contributed by atoms with Crippen molar-refractivity contribution in [2.24, 2.45) is 5.73 Å². The van der Waals surface area contributed by atoms with Crippen LogP contribution in [-0.2, 0) is 16.1 Å². The number of aromatic nitrogens is 2. The molecule has 0 bridgehead atoms. The van der Waals surface area contributed by atoms with Gasteiger partial charge in [0.1, 0.15) is 11.6 Å². The summed E-state index contributed by atoms with van der Waals surface area (Å²) in [6.45, 7) is 3.01. The van der Waals surface area contributed by atoms with Crippen molar-refractivity contribution in [1.29, 1.82) is 0 Å². The van der Waals surface area contributed by atoms with Crippen molar-refractivity contribution in [2.75, 3.05) is 45.8 Å². The van der Waals surface area contributed by atoms with Crippen molar-refractivity contribution in [2.45, 2.75) is 44.2 Å². The highest BCUT2D eigenvalue weighted by molar-refractivity contribution is 5.89. The van der Waals surface area contributed by atoms with Gasteiger partial charge in [0.2, 0.25) is 5.91 Å². The van der Waals surface area contributed by atoms with Gasteiger partial charge < -0.3 is 35.3 Å². The number of fused-ring (bicyclic) bond motifs is 1. The standard InChI is InChI=1S/C28H38N6O4/c1-37-15-7-14-34-25-12-4-3-11-24(25)32-27(34)20-8-6-13-33(19-20)26(35)16-21(29)18-30-28(36)31-22-9-5-10-23(17-22)38-2/h3-5,9-12,17,20-21H,6-8,13-16,18-19,29H2,1-2H3,(H2,30,31,36)/t20-,21+/m1/s1. The van der Waals surface area contributed by atoms with Crippen LogP contribution in [0.3, 0.4) is 0 Å². The van der Waals surface area contributed by atoms with Crippen molar-refractivity contribution >= 4 is 28.7 Å². The zero-order chi connectivity index (χ0) is 26.9. The van der Waals surface area contributed by atoms with E-state index < -0.39 is 6.04 Å². The molecule has 0 unspecified atom stereocenters. The van der Waals surface area contributed by atoms with Gasteiger partial charge in [0.15, 0.2) is 0 Å². The van der Waals surface area contributed by atoms with Crippen molar-refractivity contribution in [3.05, 3.63) is 54.4 Å². The number of ether oxygens (including phenoxy) is 2. The number of carbonyl (C=O) groups is 2. The van der Waals surface area contributed by atoms with E-state index >= 15 is 0 Å². The molecule has 1 fully saturated rings. The predicted molar refractivity (Wildman–Crippen MR) is 147 cm³/mol. The van der Waals surface area contributed by atoms with Crippen molar-refractivity contribution in [3.8, 4) is 5.75 Å². The maximum atomic E-state index is 13.1. The molecule has 1 saturated heterocycles. The average Bonchev–Trinajstić information content (AvgIpc) is 3.31. The second-order valence-electron chi connectivity index (χ2n) is 9.67. The largest absolute Gasteiger partial charge is 0.497 e. The molecule has 3 amide bonds. The molecule has 1 aliphatic rings. The summed E-state index contributed by atoms with van der Waals surface area (Å²) in [5.74, 6) is 1.83. The summed E-state index contributed by atoms with van der Waals surface area (Å²) in [6.07, 6.45) is 2.95. The Morgan fingerprint density at radius 3 is 2.84 bits per heavy atom. The number of para-hydroxylation sites is 2. The SMILES string of the molecule is COCCCn1c([C@@H]2CCCN(C(=O)C[C@H](N)CNC(=O)Nc3cccc(OC)c3)C2)nc2ccccc21. The van der Waals surface area contributed by atoms with Gasteiger partial charge in [0.05, 0.1) is 18.1 Å². The summed E-state index contributed by atoms with van der Waals surface area (Å²) in [5, 5.41) is 5.50. The summed E-state index contributed by atoms with van der Waals surface area (Å²) >= 11 is 0. The molecular weight excluding hydrogens is 484 g/mol. The smallest absolute Gasteiger partial charge is 0.319 e. The van der Waals surface area contributed by atoms with E-state index in [1.807, 2.05) is 23.1 Å². The van der Waals surface area contributed by atoms with Crippen LogP contribution in [-0.4, -0.2) is 72.9 Å². The lowest BCUT2D eigenvalue weighted by molar-refractivity contribution is -0.132. The van der Waals surface area contributed by atoms with Crippen LogP contribution in [0.4, 0.5) is 10.5 Å². The number of nitrogens with zero attached hydrogens (tertiary/aromatic N) is 3. The second kappa shape index (κ2) is 13.3. The van der Waals surface area contributed by atoms with E-state index in [1.165, 1.54) is 0 Å². The van der Waals surface area contributed by atoms with E-state index in [9.17, 15) is 9.59 Å². The van der Waals surface area contributed by atoms with Crippen LogP contribution in [0.5, 0.6) is 5.75 Å². The topological polar surface area (TPSA) is 124 Å². The quantitative estimate of drug-likeness (QED) is 0.332. The fourth-order valence-corrected chi connectivity index (χ4v) is 4.95. The van der Waals surface area contributed by atoms with Gasteiger partial charge in [-0.2, -0.15) is 0 Å². The van der Waals surface area contributed by atoms with Gasteiger partial charge in [0, 0.05) is 70.0 Å². The van der Waals surface area contributed by atoms with Gasteiger partial charge in [-0.05, 0) is 43.5 Å². The minimum atomic E-state index is -0.488. The minimum absolute atomic E-state index is 0.000696. The van der Waals surface area contributed by atoms with E-state index in [0.29, 0.717) is 31.1 Å². The Bertz CT molecular complexity index is 1230. The first-order valence-corrected chi connectivity index (χ1v) is 13.1. The fraction of sp³-hybridized carbons (Fsp3) is 0.464. The predicted octanol–water partition coefficient (Wildman–Crippen LogP) is 3.33. The van der Waals surface area contributed by atoms with E-state index in [4.69, 9.17) is 20.2 Å². The van der Waals surface area contributed by atoms with Crippen molar-refractivity contribution < 1.29 is 19.1 Å². The number of methoxy groups -OCH3 is 2. The molecule has 1 aromatic heterocycles. The van der Waals surface area contributed by atoms with Crippen LogP contribution in [0.25, 0.3) is 11.0 Å². The highest BCUT2D eigenvalue weighted by Crippen LogP contribution is 2.30. The molecule has 3 aromatic rings. The molecule has 0 radical (unpaired) electrons. The number of urea groups is 1. The zero-order valence-corrected chi connectivity index (χ0v) is 22.2. The highest BCUT2D eigenvalue weighted by atomic mass is 16.5. The Morgan fingerprint density at radius 2 is 2.03 bits per heavy atom. The number of nitrogens with one attached hydrogen (secondary N) is 2. The van der Waals surface area contributed by atoms with Gasteiger partial charge in [0.25, 0.3) is 0 Å². The number of aryl methyl sites for hydroxylation is 1. The molecule has 10 nitrogen and oxygen atoms in total. The maximum absolute atomic E-state index is 13.1. The molecule has 38 heavy (non-hydrogen) atoms. The molecule has 0 spiro atoms. The van der Waals surface area contributed by atoms with Crippen LogP contribution in [0.1, 0.15) is 37.4 Å². The number of piperidine rings is 1. The van der Waals surface area contributed by atoms with Crippen molar-refractivity contribution in [3.63, 3.8) is 0 Å². The number of benzene rings is 2. The normalized spacial score (nSPS) is 16.3. The number of anilines is 1.